The Morgan fingerprint density at radius 2 is 1.88 bits per heavy atom. The second kappa shape index (κ2) is 6.24. The van der Waals surface area contributed by atoms with E-state index in [0.29, 0.717) is 13.1 Å². The van der Waals surface area contributed by atoms with E-state index in [1.54, 1.807) is 12.4 Å². The fourth-order valence-electron chi connectivity index (χ4n) is 2.66. The molecule has 1 amide bonds. The summed E-state index contributed by atoms with van der Waals surface area (Å²) in [6.45, 7) is 0.921. The first-order valence-electron chi connectivity index (χ1n) is 7.40. The van der Waals surface area contributed by atoms with Crippen LogP contribution in [0, 0.1) is 0 Å². The Hall–Kier alpha value is -2.41. The molecule has 2 aromatic rings. The number of pyridine rings is 1. The van der Waals surface area contributed by atoms with Gasteiger partial charge in [0, 0.05) is 31.4 Å². The van der Waals surface area contributed by atoms with Gasteiger partial charge in [0.25, 0.3) is 5.91 Å². The lowest BCUT2D eigenvalue weighted by molar-refractivity contribution is -0.145. The number of nitrogens with zero attached hydrogens (tertiary/aromatic N) is 2. The van der Waals surface area contributed by atoms with Crippen molar-refractivity contribution in [1.29, 1.82) is 0 Å². The zero-order chi connectivity index (χ0) is 17.3. The molecule has 1 saturated heterocycles. The van der Waals surface area contributed by atoms with Crippen LogP contribution in [-0.4, -0.2) is 34.0 Å². The van der Waals surface area contributed by atoms with E-state index in [1.807, 2.05) is 12.1 Å². The second-order valence-corrected chi connectivity index (χ2v) is 5.75. The number of halogens is 3. The van der Waals surface area contributed by atoms with Crippen LogP contribution in [0.3, 0.4) is 0 Å². The first-order valence-corrected chi connectivity index (χ1v) is 7.40. The molecule has 24 heavy (non-hydrogen) atoms. The number of hydrogen-bond acceptors (Lipinski definition) is 3. The SMILES string of the molecule is O=C(C(O)c1ccc(C(F)(F)F)cc1)N1CC(c2cccnc2)C1. The molecule has 0 bridgehead atoms. The third-order valence-electron chi connectivity index (χ3n) is 4.14. The Morgan fingerprint density at radius 3 is 2.42 bits per heavy atom. The van der Waals surface area contributed by atoms with Gasteiger partial charge in [-0.1, -0.05) is 18.2 Å². The average molecular weight is 336 g/mol. The molecule has 126 valence electrons. The molecule has 2 heterocycles. The van der Waals surface area contributed by atoms with Gasteiger partial charge in [-0.25, -0.2) is 0 Å². The van der Waals surface area contributed by atoms with E-state index in [1.165, 1.54) is 4.90 Å². The average Bonchev–Trinajstić information content (AvgIpc) is 2.53. The summed E-state index contributed by atoms with van der Waals surface area (Å²) in [5.41, 5.74) is 0.356. The lowest BCUT2D eigenvalue weighted by atomic mass is 9.91. The number of aromatic nitrogens is 1. The van der Waals surface area contributed by atoms with Gasteiger partial charge < -0.3 is 10.0 Å². The Kier molecular flexibility index (Phi) is 4.28. The molecule has 0 aliphatic carbocycles. The summed E-state index contributed by atoms with van der Waals surface area (Å²) in [4.78, 5) is 17.7. The zero-order valence-corrected chi connectivity index (χ0v) is 12.6. The van der Waals surface area contributed by atoms with Crippen LogP contribution in [0.15, 0.2) is 48.8 Å². The van der Waals surface area contributed by atoms with Gasteiger partial charge in [0.2, 0.25) is 0 Å². The highest BCUT2D eigenvalue weighted by Crippen LogP contribution is 2.32. The number of benzene rings is 1. The van der Waals surface area contributed by atoms with Crippen molar-refractivity contribution in [3.05, 3.63) is 65.5 Å². The molecule has 1 aromatic carbocycles. The van der Waals surface area contributed by atoms with Crippen LogP contribution in [0.25, 0.3) is 0 Å². The highest BCUT2D eigenvalue weighted by molar-refractivity contribution is 5.83. The van der Waals surface area contributed by atoms with Crippen LogP contribution in [-0.2, 0) is 11.0 Å². The minimum atomic E-state index is -4.44. The van der Waals surface area contributed by atoms with Crippen molar-refractivity contribution in [2.75, 3.05) is 13.1 Å². The fourth-order valence-corrected chi connectivity index (χ4v) is 2.66. The molecule has 1 aliphatic rings. The Morgan fingerprint density at radius 1 is 1.21 bits per heavy atom. The maximum atomic E-state index is 12.5. The molecule has 1 fully saturated rings. The number of aliphatic hydroxyl groups excluding tert-OH is 1. The third kappa shape index (κ3) is 3.26. The summed E-state index contributed by atoms with van der Waals surface area (Å²) in [5.74, 6) is -0.336. The van der Waals surface area contributed by atoms with Crippen molar-refractivity contribution in [2.24, 2.45) is 0 Å². The Labute approximate surface area is 136 Å². The number of amides is 1. The first kappa shape index (κ1) is 16.4. The van der Waals surface area contributed by atoms with Crippen LogP contribution < -0.4 is 0 Å². The monoisotopic (exact) mass is 336 g/mol. The molecule has 1 aromatic heterocycles. The van der Waals surface area contributed by atoms with Crippen molar-refractivity contribution in [3.63, 3.8) is 0 Å². The molecule has 0 radical (unpaired) electrons. The number of likely N-dealkylation sites (tertiary alicyclic amines) is 1. The molecule has 1 atom stereocenters. The smallest absolute Gasteiger partial charge is 0.378 e. The molecule has 3 rings (SSSR count). The van der Waals surface area contributed by atoms with Crippen molar-refractivity contribution < 1.29 is 23.1 Å². The van der Waals surface area contributed by atoms with Gasteiger partial charge in [-0.3, -0.25) is 9.78 Å². The lowest BCUT2D eigenvalue weighted by Gasteiger charge is -2.40. The molecular weight excluding hydrogens is 321 g/mol. The molecule has 4 nitrogen and oxygen atoms in total. The van der Waals surface area contributed by atoms with Crippen molar-refractivity contribution in [2.45, 2.75) is 18.2 Å². The standard InChI is InChI=1S/C17H15F3N2O2/c18-17(19,20)14-5-3-11(4-6-14)15(23)16(24)22-9-13(10-22)12-2-1-7-21-8-12/h1-8,13,15,23H,9-10H2. The van der Waals surface area contributed by atoms with Crippen LogP contribution >= 0.6 is 0 Å². The van der Waals surface area contributed by atoms with Crippen molar-refractivity contribution >= 4 is 5.91 Å². The highest BCUT2D eigenvalue weighted by atomic mass is 19.4. The molecule has 7 heteroatoms. The minimum absolute atomic E-state index is 0.151. The van der Waals surface area contributed by atoms with E-state index in [9.17, 15) is 23.1 Å². The van der Waals surface area contributed by atoms with Gasteiger partial charge in [-0.15, -0.1) is 0 Å². The molecule has 1 N–H and O–H groups in total. The lowest BCUT2D eigenvalue weighted by Crippen LogP contribution is -2.50. The Balaban J connectivity index is 1.62. The van der Waals surface area contributed by atoms with Gasteiger partial charge >= 0.3 is 6.18 Å². The largest absolute Gasteiger partial charge is 0.416 e. The van der Waals surface area contributed by atoms with Gasteiger partial charge in [-0.05, 0) is 29.3 Å². The predicted octanol–water partition coefficient (Wildman–Crippen LogP) is 2.76. The third-order valence-corrected chi connectivity index (χ3v) is 4.14. The predicted molar refractivity (Wildman–Crippen MR) is 80.0 cm³/mol. The number of carbonyl (C=O) groups is 1. The fraction of sp³-hybridized carbons (Fsp3) is 0.294. The van der Waals surface area contributed by atoms with E-state index in [-0.39, 0.29) is 11.5 Å². The molecule has 1 aliphatic heterocycles. The van der Waals surface area contributed by atoms with E-state index in [0.717, 1.165) is 29.8 Å². The maximum absolute atomic E-state index is 12.5. The first-order chi connectivity index (χ1) is 11.4. The summed E-state index contributed by atoms with van der Waals surface area (Å²) in [5, 5.41) is 10.1. The van der Waals surface area contributed by atoms with Crippen LogP contribution in [0.5, 0.6) is 0 Å². The van der Waals surface area contributed by atoms with Gasteiger partial charge in [-0.2, -0.15) is 13.2 Å². The van der Waals surface area contributed by atoms with Crippen LogP contribution in [0.4, 0.5) is 13.2 Å². The number of carbonyl (C=O) groups excluding carboxylic acids is 1. The van der Waals surface area contributed by atoms with Crippen LogP contribution in [0.2, 0.25) is 0 Å². The normalized spacial score (nSPS) is 16.6. The van der Waals surface area contributed by atoms with E-state index >= 15 is 0 Å². The molecular formula is C17H15F3N2O2. The summed E-state index contributed by atoms with van der Waals surface area (Å²) < 4.78 is 37.6. The number of rotatable bonds is 3. The van der Waals surface area contributed by atoms with Crippen LogP contribution in [0.1, 0.15) is 28.7 Å². The molecule has 1 unspecified atom stereocenters. The maximum Gasteiger partial charge on any atom is 0.416 e. The second-order valence-electron chi connectivity index (χ2n) is 5.75. The van der Waals surface area contributed by atoms with E-state index in [2.05, 4.69) is 4.98 Å². The molecule has 0 spiro atoms. The van der Waals surface area contributed by atoms with Gasteiger partial charge in [0.1, 0.15) is 0 Å². The van der Waals surface area contributed by atoms with Gasteiger partial charge in [0.05, 0.1) is 5.56 Å². The number of aliphatic hydroxyl groups is 1. The zero-order valence-electron chi connectivity index (χ0n) is 12.6. The van der Waals surface area contributed by atoms with E-state index in [4.69, 9.17) is 0 Å². The van der Waals surface area contributed by atoms with Gasteiger partial charge in [0.15, 0.2) is 6.10 Å². The summed E-state index contributed by atoms with van der Waals surface area (Å²) >= 11 is 0. The van der Waals surface area contributed by atoms with E-state index < -0.39 is 23.8 Å². The number of alkyl halides is 3. The van der Waals surface area contributed by atoms with Crippen molar-refractivity contribution in [3.8, 4) is 0 Å². The number of hydrogen-bond donors (Lipinski definition) is 1. The quantitative estimate of drug-likeness (QED) is 0.938. The molecule has 0 saturated carbocycles. The minimum Gasteiger partial charge on any atom is -0.378 e. The van der Waals surface area contributed by atoms with Crippen molar-refractivity contribution in [1.82, 2.24) is 9.88 Å². The topological polar surface area (TPSA) is 53.4 Å². The summed E-state index contributed by atoms with van der Waals surface area (Å²) in [6, 6.07) is 7.72. The summed E-state index contributed by atoms with van der Waals surface area (Å²) in [7, 11) is 0. The summed E-state index contributed by atoms with van der Waals surface area (Å²) in [6.07, 6.45) is -2.50. The Bertz CT molecular complexity index is 711. The highest BCUT2D eigenvalue weighted by Gasteiger charge is 2.36.